The van der Waals surface area contributed by atoms with Crippen LogP contribution in [0.1, 0.15) is 19.5 Å². The average molecular weight is 232 g/mol. The number of H-pyrrole nitrogens is 1. The molecule has 0 radical (unpaired) electrons. The molecule has 7 heteroatoms. The molecule has 1 aromatic rings. The minimum absolute atomic E-state index is 0.0949. The van der Waals surface area contributed by atoms with E-state index in [1.807, 2.05) is 0 Å². The first-order chi connectivity index (χ1) is 6.83. The SMILES string of the molecule is Cc1cc(NS(=O)(=O)N(C)C(C)C)n[nH]1. The van der Waals surface area contributed by atoms with Gasteiger partial charge in [-0.25, -0.2) is 0 Å². The standard InChI is InChI=1S/C8H16N4O2S/c1-6(2)12(4)15(13,14)11-8-5-7(3)9-10-8/h5-6H,1-4H3,(H2,9,10,11). The van der Waals surface area contributed by atoms with Crippen LogP contribution in [0, 0.1) is 6.92 Å². The normalized spacial score (nSPS) is 12.4. The van der Waals surface area contributed by atoms with E-state index in [1.165, 1.54) is 11.4 Å². The fraction of sp³-hybridized carbons (Fsp3) is 0.625. The summed E-state index contributed by atoms with van der Waals surface area (Å²) in [4.78, 5) is 0. The first-order valence-corrected chi connectivity index (χ1v) is 6.04. The molecule has 0 aliphatic rings. The minimum Gasteiger partial charge on any atom is -0.281 e. The number of hydrogen-bond donors (Lipinski definition) is 2. The Morgan fingerprint density at radius 3 is 2.53 bits per heavy atom. The maximum Gasteiger partial charge on any atom is 0.302 e. The molecule has 0 saturated carbocycles. The van der Waals surface area contributed by atoms with Crippen LogP contribution in [0.5, 0.6) is 0 Å². The van der Waals surface area contributed by atoms with Crippen molar-refractivity contribution in [3.8, 4) is 0 Å². The summed E-state index contributed by atoms with van der Waals surface area (Å²) in [6, 6.07) is 1.54. The molecule has 15 heavy (non-hydrogen) atoms. The average Bonchev–Trinajstić information content (AvgIpc) is 2.48. The summed E-state index contributed by atoms with van der Waals surface area (Å²) in [6.07, 6.45) is 0. The molecule has 2 N–H and O–H groups in total. The van der Waals surface area contributed by atoms with Crippen LogP contribution in [0.4, 0.5) is 5.82 Å². The van der Waals surface area contributed by atoms with Gasteiger partial charge in [0.2, 0.25) is 0 Å². The van der Waals surface area contributed by atoms with Crippen LogP contribution >= 0.6 is 0 Å². The van der Waals surface area contributed by atoms with Gasteiger partial charge in [-0.3, -0.25) is 9.82 Å². The number of rotatable bonds is 4. The van der Waals surface area contributed by atoms with Gasteiger partial charge in [-0.05, 0) is 20.8 Å². The summed E-state index contributed by atoms with van der Waals surface area (Å²) in [7, 11) is -1.98. The zero-order chi connectivity index (χ0) is 11.6. The molecule has 0 spiro atoms. The molecule has 0 saturated heterocycles. The third-order valence-electron chi connectivity index (χ3n) is 2.05. The predicted molar refractivity (Wildman–Crippen MR) is 58.8 cm³/mol. The Labute approximate surface area is 89.9 Å². The van der Waals surface area contributed by atoms with Crippen LogP contribution in [0.2, 0.25) is 0 Å². The molecule has 1 heterocycles. The van der Waals surface area contributed by atoms with Gasteiger partial charge >= 0.3 is 10.2 Å². The zero-order valence-corrected chi connectivity index (χ0v) is 10.1. The molecule has 0 aliphatic carbocycles. The first kappa shape index (κ1) is 12.0. The fourth-order valence-corrected chi connectivity index (χ4v) is 2.02. The third-order valence-corrected chi connectivity index (χ3v) is 3.69. The van der Waals surface area contributed by atoms with Gasteiger partial charge in [0.05, 0.1) is 0 Å². The highest BCUT2D eigenvalue weighted by Gasteiger charge is 2.20. The summed E-state index contributed by atoms with van der Waals surface area (Å²) in [5.41, 5.74) is 0.805. The van der Waals surface area contributed by atoms with E-state index >= 15 is 0 Å². The van der Waals surface area contributed by atoms with Gasteiger partial charge in [0.1, 0.15) is 0 Å². The van der Waals surface area contributed by atoms with Crippen LogP contribution in [-0.4, -0.2) is 36.0 Å². The summed E-state index contributed by atoms with van der Waals surface area (Å²) in [5.74, 6) is 0.306. The lowest BCUT2D eigenvalue weighted by molar-refractivity contribution is 0.414. The van der Waals surface area contributed by atoms with Crippen molar-refractivity contribution in [2.75, 3.05) is 11.8 Å². The minimum atomic E-state index is -3.50. The fourth-order valence-electron chi connectivity index (χ4n) is 0.952. The molecule has 0 fully saturated rings. The van der Waals surface area contributed by atoms with Crippen molar-refractivity contribution in [2.24, 2.45) is 0 Å². The molecular weight excluding hydrogens is 216 g/mol. The summed E-state index contributed by atoms with van der Waals surface area (Å²) in [6.45, 7) is 5.40. The molecule has 0 aliphatic heterocycles. The molecule has 0 amide bonds. The molecule has 0 bridgehead atoms. The highest BCUT2D eigenvalue weighted by atomic mass is 32.2. The van der Waals surface area contributed by atoms with Crippen LogP contribution in [-0.2, 0) is 10.2 Å². The number of aromatic amines is 1. The quantitative estimate of drug-likeness (QED) is 0.802. The Kier molecular flexibility index (Phi) is 3.35. The van der Waals surface area contributed by atoms with E-state index in [4.69, 9.17) is 0 Å². The maximum absolute atomic E-state index is 11.7. The van der Waals surface area contributed by atoms with E-state index < -0.39 is 10.2 Å². The van der Waals surface area contributed by atoms with Gasteiger partial charge in [0, 0.05) is 24.8 Å². The Balaban J connectivity index is 2.81. The lowest BCUT2D eigenvalue weighted by Crippen LogP contribution is -2.37. The molecule has 0 unspecified atom stereocenters. The Bertz CT molecular complexity index is 424. The Morgan fingerprint density at radius 2 is 2.13 bits per heavy atom. The highest BCUT2D eigenvalue weighted by Crippen LogP contribution is 2.10. The second-order valence-electron chi connectivity index (χ2n) is 3.65. The number of aromatic nitrogens is 2. The summed E-state index contributed by atoms with van der Waals surface area (Å²) in [5, 5.41) is 6.46. The van der Waals surface area contributed by atoms with Crippen molar-refractivity contribution >= 4 is 16.0 Å². The smallest absolute Gasteiger partial charge is 0.281 e. The van der Waals surface area contributed by atoms with Crippen molar-refractivity contribution < 1.29 is 8.42 Å². The van der Waals surface area contributed by atoms with Gasteiger partial charge in [-0.2, -0.15) is 17.8 Å². The summed E-state index contributed by atoms with van der Waals surface area (Å²) < 4.78 is 27.0. The maximum atomic E-state index is 11.7. The van der Waals surface area contributed by atoms with Crippen molar-refractivity contribution in [1.82, 2.24) is 14.5 Å². The van der Waals surface area contributed by atoms with E-state index in [2.05, 4.69) is 14.9 Å². The number of nitrogens with one attached hydrogen (secondary N) is 2. The number of aryl methyl sites for hydroxylation is 1. The molecule has 86 valence electrons. The van der Waals surface area contributed by atoms with Crippen LogP contribution < -0.4 is 4.72 Å². The van der Waals surface area contributed by atoms with E-state index in [0.29, 0.717) is 5.82 Å². The van der Waals surface area contributed by atoms with Crippen LogP contribution in [0.15, 0.2) is 6.07 Å². The molecule has 0 atom stereocenters. The van der Waals surface area contributed by atoms with Gasteiger partial charge < -0.3 is 0 Å². The van der Waals surface area contributed by atoms with Gasteiger partial charge in [0.15, 0.2) is 5.82 Å². The number of nitrogens with zero attached hydrogens (tertiary/aromatic N) is 2. The van der Waals surface area contributed by atoms with Crippen molar-refractivity contribution in [3.05, 3.63) is 11.8 Å². The largest absolute Gasteiger partial charge is 0.302 e. The lowest BCUT2D eigenvalue weighted by atomic mass is 10.4. The van der Waals surface area contributed by atoms with Gasteiger partial charge in [-0.15, -0.1) is 0 Å². The van der Waals surface area contributed by atoms with E-state index in [0.717, 1.165) is 5.69 Å². The number of anilines is 1. The van der Waals surface area contributed by atoms with Crippen LogP contribution in [0.25, 0.3) is 0 Å². The molecule has 1 aromatic heterocycles. The zero-order valence-electron chi connectivity index (χ0n) is 9.27. The first-order valence-electron chi connectivity index (χ1n) is 4.60. The predicted octanol–water partition coefficient (Wildman–Crippen LogP) is 0.715. The molecule has 1 rings (SSSR count). The van der Waals surface area contributed by atoms with Crippen molar-refractivity contribution in [1.29, 1.82) is 0 Å². The second kappa shape index (κ2) is 4.19. The highest BCUT2D eigenvalue weighted by molar-refractivity contribution is 7.90. The Morgan fingerprint density at radius 1 is 1.53 bits per heavy atom. The summed E-state index contributed by atoms with van der Waals surface area (Å²) >= 11 is 0. The van der Waals surface area contributed by atoms with Crippen molar-refractivity contribution in [3.63, 3.8) is 0 Å². The topological polar surface area (TPSA) is 78.1 Å². The lowest BCUT2D eigenvalue weighted by Gasteiger charge is -2.20. The molecule has 6 nitrogen and oxygen atoms in total. The van der Waals surface area contributed by atoms with Gasteiger partial charge in [-0.1, -0.05) is 0 Å². The van der Waals surface area contributed by atoms with Gasteiger partial charge in [0.25, 0.3) is 0 Å². The van der Waals surface area contributed by atoms with Crippen LogP contribution in [0.3, 0.4) is 0 Å². The molecular formula is C8H16N4O2S. The monoisotopic (exact) mass is 232 g/mol. The number of hydrogen-bond acceptors (Lipinski definition) is 3. The second-order valence-corrected chi connectivity index (χ2v) is 5.38. The Hall–Kier alpha value is -1.08. The van der Waals surface area contributed by atoms with E-state index in [9.17, 15) is 8.42 Å². The molecule has 0 aromatic carbocycles. The van der Waals surface area contributed by atoms with E-state index in [1.54, 1.807) is 26.8 Å². The third kappa shape index (κ3) is 2.93. The van der Waals surface area contributed by atoms with Crippen molar-refractivity contribution in [2.45, 2.75) is 26.8 Å². The van der Waals surface area contributed by atoms with E-state index in [-0.39, 0.29) is 6.04 Å².